The van der Waals surface area contributed by atoms with E-state index in [9.17, 15) is 4.39 Å². The van der Waals surface area contributed by atoms with Gasteiger partial charge in [0, 0.05) is 32.6 Å². The average Bonchev–Trinajstić information content (AvgIpc) is 3.49. The van der Waals surface area contributed by atoms with Crippen LogP contribution in [0.25, 0.3) is 60.6 Å². The zero-order valence-corrected chi connectivity index (χ0v) is 20.0. The number of halogens is 1. The van der Waals surface area contributed by atoms with Gasteiger partial charge >= 0.3 is 0 Å². The van der Waals surface area contributed by atoms with Gasteiger partial charge in [-0.1, -0.05) is 50.2 Å². The number of hydrogen-bond acceptors (Lipinski definition) is 1. The maximum absolute atomic E-state index is 13.8. The van der Waals surface area contributed by atoms with Gasteiger partial charge in [0.05, 0.1) is 11.0 Å². The summed E-state index contributed by atoms with van der Waals surface area (Å²) in [7, 11) is 0. The number of fused-ring (bicyclic) bond motifs is 9. The molecule has 1 aliphatic rings. The van der Waals surface area contributed by atoms with Gasteiger partial charge in [0.15, 0.2) is 0 Å². The minimum Gasteiger partial charge on any atom is -0.456 e. The Morgan fingerprint density at radius 3 is 2.08 bits per heavy atom. The van der Waals surface area contributed by atoms with Gasteiger partial charge in [-0.3, -0.25) is 0 Å². The van der Waals surface area contributed by atoms with Gasteiger partial charge in [-0.25, -0.2) is 4.39 Å². The molecule has 172 valence electrons. The molecule has 0 atom stereocenters. The zero-order valence-electron chi connectivity index (χ0n) is 20.0. The first-order valence-corrected chi connectivity index (χ1v) is 12.3. The molecule has 2 nitrogen and oxygen atoms in total. The first-order valence-electron chi connectivity index (χ1n) is 12.3. The molecule has 2 heterocycles. The lowest BCUT2D eigenvalue weighted by Crippen LogP contribution is -2.15. The summed E-state index contributed by atoms with van der Waals surface area (Å²) < 4.78 is 22.3. The third-order valence-electron chi connectivity index (χ3n) is 8.05. The molecule has 0 fully saturated rings. The molecule has 0 bridgehead atoms. The highest BCUT2D eigenvalue weighted by molar-refractivity contribution is 6.13. The topological polar surface area (TPSA) is 18.1 Å². The van der Waals surface area contributed by atoms with E-state index in [2.05, 4.69) is 79.1 Å². The van der Waals surface area contributed by atoms with Gasteiger partial charge in [0.2, 0.25) is 0 Å². The van der Waals surface area contributed by atoms with Crippen LogP contribution in [0.4, 0.5) is 4.39 Å². The smallest absolute Gasteiger partial charge is 0.135 e. The first-order chi connectivity index (χ1) is 17.5. The molecule has 1 aliphatic carbocycles. The van der Waals surface area contributed by atoms with Gasteiger partial charge in [-0.15, -0.1) is 0 Å². The molecule has 0 spiro atoms. The molecule has 7 aromatic rings. The monoisotopic (exact) mass is 467 g/mol. The Morgan fingerprint density at radius 2 is 1.28 bits per heavy atom. The molecule has 0 aliphatic heterocycles. The Bertz CT molecular complexity index is 2020. The van der Waals surface area contributed by atoms with Crippen LogP contribution >= 0.6 is 0 Å². The van der Waals surface area contributed by atoms with Crippen LogP contribution in [0.2, 0.25) is 0 Å². The largest absolute Gasteiger partial charge is 0.456 e. The lowest BCUT2D eigenvalue weighted by molar-refractivity contribution is 0.627. The van der Waals surface area contributed by atoms with E-state index < -0.39 is 0 Å². The minimum atomic E-state index is -0.228. The summed E-state index contributed by atoms with van der Waals surface area (Å²) in [5.74, 6) is -0.228. The van der Waals surface area contributed by atoms with Crippen molar-refractivity contribution in [1.82, 2.24) is 4.57 Å². The number of nitrogens with zero attached hydrogens (tertiary/aromatic N) is 1. The fourth-order valence-corrected chi connectivity index (χ4v) is 6.28. The van der Waals surface area contributed by atoms with Crippen molar-refractivity contribution in [3.8, 4) is 16.8 Å². The van der Waals surface area contributed by atoms with Crippen LogP contribution in [-0.4, -0.2) is 4.57 Å². The lowest BCUT2D eigenvalue weighted by atomic mass is 9.82. The number of aromatic nitrogens is 1. The van der Waals surface area contributed by atoms with E-state index in [0.717, 1.165) is 38.7 Å². The van der Waals surface area contributed by atoms with Crippen molar-refractivity contribution in [2.75, 3.05) is 0 Å². The Morgan fingerprint density at radius 1 is 0.611 bits per heavy atom. The van der Waals surface area contributed by atoms with Crippen molar-refractivity contribution in [3.63, 3.8) is 0 Å². The van der Waals surface area contributed by atoms with E-state index in [1.807, 2.05) is 24.3 Å². The summed E-state index contributed by atoms with van der Waals surface area (Å²) in [6, 6.07) is 32.7. The molecule has 0 saturated carbocycles. The Balaban J connectivity index is 1.48. The number of para-hydroxylation sites is 2. The fourth-order valence-electron chi connectivity index (χ4n) is 6.28. The molecule has 36 heavy (non-hydrogen) atoms. The highest BCUT2D eigenvalue weighted by Gasteiger charge is 2.37. The molecule has 3 heteroatoms. The van der Waals surface area contributed by atoms with E-state index in [1.165, 1.54) is 45.2 Å². The predicted molar refractivity (Wildman–Crippen MR) is 146 cm³/mol. The summed E-state index contributed by atoms with van der Waals surface area (Å²) >= 11 is 0. The van der Waals surface area contributed by atoms with Crippen molar-refractivity contribution < 1.29 is 8.81 Å². The van der Waals surface area contributed by atoms with Crippen LogP contribution in [0.5, 0.6) is 0 Å². The molecule has 0 amide bonds. The summed E-state index contributed by atoms with van der Waals surface area (Å²) in [5.41, 5.74) is 10.0. The van der Waals surface area contributed by atoms with E-state index in [1.54, 1.807) is 0 Å². The van der Waals surface area contributed by atoms with E-state index in [4.69, 9.17) is 4.42 Å². The molecule has 2 aromatic heterocycles. The van der Waals surface area contributed by atoms with E-state index in [0.29, 0.717) is 0 Å². The van der Waals surface area contributed by atoms with Crippen LogP contribution in [0.15, 0.2) is 101 Å². The van der Waals surface area contributed by atoms with E-state index >= 15 is 0 Å². The van der Waals surface area contributed by atoms with Crippen molar-refractivity contribution >= 4 is 43.7 Å². The highest BCUT2D eigenvalue weighted by atomic mass is 19.1. The highest BCUT2D eigenvalue weighted by Crippen LogP contribution is 2.52. The van der Waals surface area contributed by atoms with Crippen LogP contribution in [0.3, 0.4) is 0 Å². The fraction of sp³-hybridized carbons (Fsp3) is 0.0909. The molecule has 0 unspecified atom stereocenters. The second-order valence-electron chi connectivity index (χ2n) is 10.4. The SMILES string of the molecule is CC1(C)c2cc3oc4ccccc4c3cc2-c2cc3c4ccccc4n(-c4ccc(F)cc4)c3cc21. The number of hydrogen-bond donors (Lipinski definition) is 0. The Hall–Kier alpha value is -4.37. The second-order valence-corrected chi connectivity index (χ2v) is 10.4. The van der Waals surface area contributed by atoms with Crippen LogP contribution in [0.1, 0.15) is 25.0 Å². The third-order valence-corrected chi connectivity index (χ3v) is 8.05. The van der Waals surface area contributed by atoms with E-state index in [-0.39, 0.29) is 11.2 Å². The Kier molecular flexibility index (Phi) is 3.67. The third kappa shape index (κ3) is 2.45. The Labute approximate surface area is 207 Å². The average molecular weight is 468 g/mol. The molecule has 5 aromatic carbocycles. The summed E-state index contributed by atoms with van der Waals surface area (Å²) in [4.78, 5) is 0. The molecule has 8 rings (SSSR count). The van der Waals surface area contributed by atoms with Gasteiger partial charge in [0.1, 0.15) is 17.0 Å². The van der Waals surface area contributed by atoms with Crippen LogP contribution in [0, 0.1) is 5.82 Å². The summed E-state index contributed by atoms with van der Waals surface area (Å²) in [6.07, 6.45) is 0. The van der Waals surface area contributed by atoms with Crippen LogP contribution in [-0.2, 0) is 5.41 Å². The predicted octanol–water partition coefficient (Wildman–Crippen LogP) is 9.13. The summed E-state index contributed by atoms with van der Waals surface area (Å²) in [6.45, 7) is 4.59. The first kappa shape index (κ1) is 19.9. The van der Waals surface area contributed by atoms with Crippen molar-refractivity contribution in [1.29, 1.82) is 0 Å². The molecular formula is C33H22FNO. The molecule has 0 radical (unpaired) electrons. The lowest BCUT2D eigenvalue weighted by Gasteiger charge is -2.21. The van der Waals surface area contributed by atoms with Crippen molar-refractivity contribution in [3.05, 3.63) is 114 Å². The van der Waals surface area contributed by atoms with Gasteiger partial charge < -0.3 is 8.98 Å². The van der Waals surface area contributed by atoms with Gasteiger partial charge in [-0.05, 0) is 82.9 Å². The van der Waals surface area contributed by atoms with Gasteiger partial charge in [0.25, 0.3) is 0 Å². The number of furan rings is 1. The zero-order chi connectivity index (χ0) is 24.2. The quantitative estimate of drug-likeness (QED) is 0.235. The standard InChI is InChI=1S/C33H22FNO/c1-33(2)27-17-30-25(21-7-3-5-9-29(21)35(30)20-13-11-19(34)12-14-20)15-23(27)24-16-26-22-8-4-6-10-31(22)36-32(26)18-28(24)33/h3-18H,1-2H3. The summed E-state index contributed by atoms with van der Waals surface area (Å²) in [5, 5.41) is 4.70. The molecule has 0 N–H and O–H groups in total. The maximum atomic E-state index is 13.8. The van der Waals surface area contributed by atoms with Crippen molar-refractivity contribution in [2.45, 2.75) is 19.3 Å². The molecule has 0 saturated heterocycles. The maximum Gasteiger partial charge on any atom is 0.135 e. The normalized spacial score (nSPS) is 14.2. The van der Waals surface area contributed by atoms with Crippen LogP contribution < -0.4 is 0 Å². The number of rotatable bonds is 1. The van der Waals surface area contributed by atoms with Gasteiger partial charge in [-0.2, -0.15) is 0 Å². The second kappa shape index (κ2) is 6.64. The molecular weight excluding hydrogens is 445 g/mol. The van der Waals surface area contributed by atoms with Crippen molar-refractivity contribution in [2.24, 2.45) is 0 Å². The minimum absolute atomic E-state index is 0.184. The number of benzene rings is 5.